The molecule has 0 fully saturated rings. The lowest BCUT2D eigenvalue weighted by atomic mass is 9.70. The Labute approximate surface area is 354 Å². The van der Waals surface area contributed by atoms with Gasteiger partial charge < -0.3 is 4.90 Å². The van der Waals surface area contributed by atoms with Crippen molar-refractivity contribution in [3.8, 4) is 39.5 Å². The van der Waals surface area contributed by atoms with E-state index in [2.05, 4.69) is 230 Å². The van der Waals surface area contributed by atoms with Crippen molar-refractivity contribution in [2.24, 2.45) is 0 Å². The van der Waals surface area contributed by atoms with Crippen LogP contribution in [0.2, 0.25) is 0 Å². The van der Waals surface area contributed by atoms with Crippen LogP contribution in [0.3, 0.4) is 0 Å². The van der Waals surface area contributed by atoms with Gasteiger partial charge in [-0.25, -0.2) is 9.97 Å². The van der Waals surface area contributed by atoms with Crippen molar-refractivity contribution in [3.05, 3.63) is 217 Å². The van der Waals surface area contributed by atoms with E-state index in [1.165, 1.54) is 38.8 Å². The van der Waals surface area contributed by atoms with Gasteiger partial charge in [-0.15, -0.1) is 0 Å². The molecule has 1 aliphatic carbocycles. The second-order valence-electron chi connectivity index (χ2n) is 16.6. The summed E-state index contributed by atoms with van der Waals surface area (Å²) >= 11 is 0. The van der Waals surface area contributed by atoms with E-state index in [0.29, 0.717) is 5.95 Å². The highest BCUT2D eigenvalue weighted by Crippen LogP contribution is 2.49. The van der Waals surface area contributed by atoms with Crippen LogP contribution in [0.4, 0.5) is 17.1 Å². The highest BCUT2D eigenvalue weighted by molar-refractivity contribution is 6.19. The Morgan fingerprint density at radius 1 is 0.459 bits per heavy atom. The Morgan fingerprint density at radius 3 is 1.93 bits per heavy atom. The van der Waals surface area contributed by atoms with Crippen LogP contribution in [-0.4, -0.2) is 14.5 Å². The summed E-state index contributed by atoms with van der Waals surface area (Å²) in [6.45, 7) is 4.63. The molecule has 9 aromatic carbocycles. The van der Waals surface area contributed by atoms with Crippen molar-refractivity contribution < 1.29 is 0 Å². The predicted octanol–water partition coefficient (Wildman–Crippen LogP) is 15.0. The smallest absolute Gasteiger partial charge is 0.235 e. The molecule has 0 saturated heterocycles. The fraction of sp³-hybridized carbons (Fsp3) is 0.0526. The number of aromatic nitrogens is 3. The van der Waals surface area contributed by atoms with Crippen molar-refractivity contribution in [1.29, 1.82) is 0 Å². The minimum atomic E-state index is -0.180. The van der Waals surface area contributed by atoms with E-state index in [1.807, 2.05) is 0 Å². The zero-order chi connectivity index (χ0) is 40.7. The van der Waals surface area contributed by atoms with Crippen LogP contribution in [0.25, 0.3) is 82.9 Å². The molecule has 0 unspecified atom stereocenters. The maximum atomic E-state index is 5.56. The molecule has 2 aromatic heterocycles. The third-order valence-corrected chi connectivity index (χ3v) is 12.8. The first-order valence-corrected chi connectivity index (χ1v) is 21.0. The van der Waals surface area contributed by atoms with Gasteiger partial charge in [-0.1, -0.05) is 178 Å². The highest BCUT2D eigenvalue weighted by Gasteiger charge is 2.35. The van der Waals surface area contributed by atoms with Crippen LogP contribution in [-0.2, 0) is 5.41 Å². The molecule has 0 N–H and O–H groups in total. The number of rotatable bonds is 6. The number of anilines is 3. The minimum absolute atomic E-state index is 0.180. The number of benzene rings is 9. The topological polar surface area (TPSA) is 34.0 Å². The second kappa shape index (κ2) is 13.6. The van der Waals surface area contributed by atoms with Gasteiger partial charge >= 0.3 is 0 Å². The molecule has 0 atom stereocenters. The van der Waals surface area contributed by atoms with Crippen molar-refractivity contribution in [2.45, 2.75) is 19.3 Å². The molecule has 0 amide bonds. The van der Waals surface area contributed by atoms with Gasteiger partial charge in [0.05, 0.1) is 27.9 Å². The molecule has 4 nitrogen and oxygen atoms in total. The molecule has 0 radical (unpaired) electrons. The maximum absolute atomic E-state index is 5.56. The molecular weight excluding hydrogens is 741 g/mol. The van der Waals surface area contributed by atoms with Crippen LogP contribution < -0.4 is 4.90 Å². The second-order valence-corrected chi connectivity index (χ2v) is 16.6. The lowest BCUT2D eigenvalue weighted by Crippen LogP contribution is -2.24. The van der Waals surface area contributed by atoms with E-state index in [0.717, 1.165) is 66.4 Å². The monoisotopic (exact) mass is 780 g/mol. The standard InChI is InChI=1S/C57H40N4/c1-57(2)48-24-13-11-23-46(48)54-53-49(57)25-15-26-50(53)58-56(59-54)61-52-35-33-42(36-47(52)45-34-30-40-20-9-10-22-44(40)55(45)61)60(41-31-28-38(29-32-41)37-16-5-3-6-17-37)51-27-14-12-21-43(51)39-18-7-4-8-19-39/h3-36H,1-2H3. The first kappa shape index (κ1) is 35.2. The summed E-state index contributed by atoms with van der Waals surface area (Å²) in [6, 6.07) is 74.3. The summed E-state index contributed by atoms with van der Waals surface area (Å²) in [6.07, 6.45) is 0. The molecule has 0 bridgehead atoms. The van der Waals surface area contributed by atoms with Gasteiger partial charge in [-0.3, -0.25) is 4.57 Å². The van der Waals surface area contributed by atoms with Crippen molar-refractivity contribution in [2.75, 3.05) is 4.90 Å². The van der Waals surface area contributed by atoms with Crippen molar-refractivity contribution in [3.63, 3.8) is 0 Å². The summed E-state index contributed by atoms with van der Waals surface area (Å²) < 4.78 is 2.30. The first-order valence-electron chi connectivity index (χ1n) is 21.0. The highest BCUT2D eigenvalue weighted by atomic mass is 15.2. The fourth-order valence-corrected chi connectivity index (χ4v) is 9.87. The molecule has 4 heteroatoms. The van der Waals surface area contributed by atoms with E-state index in [-0.39, 0.29) is 5.41 Å². The van der Waals surface area contributed by atoms with E-state index < -0.39 is 0 Å². The summed E-state index contributed by atoms with van der Waals surface area (Å²) in [5.74, 6) is 0.668. The Hall–Kier alpha value is -7.82. The molecular formula is C57H40N4. The van der Waals surface area contributed by atoms with Crippen molar-refractivity contribution in [1.82, 2.24) is 14.5 Å². The molecule has 0 aliphatic heterocycles. The Kier molecular flexibility index (Phi) is 7.85. The Morgan fingerprint density at radius 2 is 1.11 bits per heavy atom. The van der Waals surface area contributed by atoms with Gasteiger partial charge in [-0.2, -0.15) is 0 Å². The van der Waals surface area contributed by atoms with Gasteiger partial charge in [0.15, 0.2) is 0 Å². The third kappa shape index (κ3) is 5.46. The summed E-state index contributed by atoms with van der Waals surface area (Å²) in [5, 5.41) is 5.75. The zero-order valence-corrected chi connectivity index (χ0v) is 33.9. The number of nitrogens with zero attached hydrogens (tertiary/aromatic N) is 4. The largest absolute Gasteiger partial charge is 0.310 e. The van der Waals surface area contributed by atoms with Gasteiger partial charge in [0, 0.05) is 49.5 Å². The van der Waals surface area contributed by atoms with Crippen molar-refractivity contribution >= 4 is 60.5 Å². The normalized spacial score (nSPS) is 12.9. The molecule has 0 saturated carbocycles. The molecule has 1 aliphatic rings. The SMILES string of the molecule is CC1(C)c2ccccc2-c2nc(-n3c4ccc(N(c5ccc(-c6ccccc6)cc5)c5ccccc5-c5ccccc5)cc4c4ccc5ccccc5c43)nc3cccc1c23. The van der Waals surface area contributed by atoms with Gasteiger partial charge in [-0.05, 0) is 75.7 Å². The van der Waals surface area contributed by atoms with Crippen LogP contribution in [0.5, 0.6) is 0 Å². The summed E-state index contributed by atoms with van der Waals surface area (Å²) in [4.78, 5) is 13.4. The predicted molar refractivity (Wildman–Crippen MR) is 255 cm³/mol. The molecule has 288 valence electrons. The molecule has 0 spiro atoms. The fourth-order valence-electron chi connectivity index (χ4n) is 9.87. The summed E-state index contributed by atoms with van der Waals surface area (Å²) in [5.41, 5.74) is 15.6. The van der Waals surface area contributed by atoms with Gasteiger partial charge in [0.25, 0.3) is 0 Å². The Bertz CT molecular complexity index is 3490. The molecule has 12 rings (SSSR count). The van der Waals surface area contributed by atoms with Gasteiger partial charge in [0.1, 0.15) is 0 Å². The zero-order valence-electron chi connectivity index (χ0n) is 33.9. The van der Waals surface area contributed by atoms with E-state index in [1.54, 1.807) is 0 Å². The average molecular weight is 781 g/mol. The number of para-hydroxylation sites is 1. The quantitative estimate of drug-likeness (QED) is 0.169. The molecule has 61 heavy (non-hydrogen) atoms. The van der Waals surface area contributed by atoms with E-state index in [4.69, 9.17) is 9.97 Å². The lowest BCUT2D eigenvalue weighted by Gasteiger charge is -2.34. The van der Waals surface area contributed by atoms with Crippen LogP contribution in [0.15, 0.2) is 206 Å². The molecule has 2 heterocycles. The average Bonchev–Trinajstić information content (AvgIpc) is 3.66. The van der Waals surface area contributed by atoms with Crippen LogP contribution in [0, 0.1) is 0 Å². The minimum Gasteiger partial charge on any atom is -0.310 e. The maximum Gasteiger partial charge on any atom is 0.235 e. The Balaban J connectivity index is 1.12. The number of hydrogen-bond donors (Lipinski definition) is 0. The van der Waals surface area contributed by atoms with E-state index >= 15 is 0 Å². The lowest BCUT2D eigenvalue weighted by molar-refractivity contribution is 0.643. The third-order valence-electron chi connectivity index (χ3n) is 12.8. The first-order chi connectivity index (χ1) is 30.0. The summed E-state index contributed by atoms with van der Waals surface area (Å²) in [7, 11) is 0. The van der Waals surface area contributed by atoms with E-state index in [9.17, 15) is 0 Å². The van der Waals surface area contributed by atoms with Crippen LogP contribution >= 0.6 is 0 Å². The number of fused-ring (bicyclic) bond motifs is 7. The van der Waals surface area contributed by atoms with Crippen LogP contribution in [0.1, 0.15) is 25.0 Å². The number of hydrogen-bond acceptors (Lipinski definition) is 3. The molecule has 11 aromatic rings. The van der Waals surface area contributed by atoms with Gasteiger partial charge in [0.2, 0.25) is 5.95 Å².